The number of phenols is 1. The summed E-state index contributed by atoms with van der Waals surface area (Å²) in [7, 11) is 0. The fourth-order valence-corrected chi connectivity index (χ4v) is 5.19. The third-order valence-electron chi connectivity index (χ3n) is 8.22. The van der Waals surface area contributed by atoms with Crippen molar-refractivity contribution in [1.82, 2.24) is 15.8 Å². The van der Waals surface area contributed by atoms with Gasteiger partial charge < -0.3 is 30.6 Å². The third-order valence-corrected chi connectivity index (χ3v) is 8.22. The van der Waals surface area contributed by atoms with E-state index in [1.165, 1.54) is 16.8 Å². The number of hydrogen-bond acceptors (Lipinski definition) is 9. The largest absolute Gasteiger partial charge is 0.508 e. The first-order valence-electron chi connectivity index (χ1n) is 17.2. The highest BCUT2D eigenvalue weighted by Gasteiger charge is 2.25. The molecular weight excluding hydrogens is 618 g/mol. The van der Waals surface area contributed by atoms with E-state index in [0.717, 1.165) is 64.2 Å². The number of carbonyl (C=O) groups excluding carboxylic acids is 3. The van der Waals surface area contributed by atoms with Crippen LogP contribution in [0.1, 0.15) is 70.1 Å². The van der Waals surface area contributed by atoms with Crippen molar-refractivity contribution < 1.29 is 24.2 Å². The number of hydrogen-bond donors (Lipinski definition) is 4. The number of nitrogens with two attached hydrogens (primary N) is 1. The molecule has 270 valence electrons. The van der Waals surface area contributed by atoms with Crippen molar-refractivity contribution in [1.29, 1.82) is 0 Å². The maximum Gasteiger partial charge on any atom is 0.208 e. The highest BCUT2D eigenvalue weighted by molar-refractivity contribution is 5.79. The number of anilines is 1. The first kappa shape index (κ1) is 42.9. The van der Waals surface area contributed by atoms with Gasteiger partial charge >= 0.3 is 0 Å². The molecule has 0 bridgehead atoms. The van der Waals surface area contributed by atoms with Crippen LogP contribution in [0.15, 0.2) is 78.9 Å². The molecule has 2 unspecified atom stereocenters. The van der Waals surface area contributed by atoms with E-state index in [0.29, 0.717) is 13.0 Å². The third kappa shape index (κ3) is 17.2. The van der Waals surface area contributed by atoms with Gasteiger partial charge in [0.1, 0.15) is 18.3 Å². The number of benzene rings is 3. The predicted molar refractivity (Wildman–Crippen MR) is 199 cm³/mol. The molecule has 0 aromatic heterocycles. The summed E-state index contributed by atoms with van der Waals surface area (Å²) >= 11 is 0. The Hall–Kier alpha value is -4.09. The van der Waals surface area contributed by atoms with Gasteiger partial charge in [0.25, 0.3) is 0 Å². The van der Waals surface area contributed by atoms with Gasteiger partial charge in [-0.3, -0.25) is 15.0 Å². The summed E-state index contributed by atoms with van der Waals surface area (Å²) in [5.74, 6) is 0.422. The van der Waals surface area contributed by atoms with Gasteiger partial charge in [0.15, 0.2) is 0 Å². The number of ether oxygens (including phenoxy) is 1. The van der Waals surface area contributed by atoms with E-state index in [9.17, 15) is 14.7 Å². The van der Waals surface area contributed by atoms with E-state index < -0.39 is 0 Å². The van der Waals surface area contributed by atoms with E-state index in [2.05, 4.69) is 77.8 Å². The molecule has 49 heavy (non-hydrogen) atoms. The number of phenolic OH excluding ortho intramolecular Hbond substituents is 1. The fourth-order valence-electron chi connectivity index (χ4n) is 5.19. The number of aryl methyl sites for hydroxylation is 1. The number of rotatable bonds is 15. The van der Waals surface area contributed by atoms with Crippen LogP contribution in [-0.4, -0.2) is 74.7 Å². The Labute approximate surface area is 294 Å². The quantitative estimate of drug-likeness (QED) is 0.0941. The molecule has 10 heteroatoms. The molecule has 4 rings (SSSR count). The van der Waals surface area contributed by atoms with E-state index in [1.807, 2.05) is 44.0 Å². The molecule has 3 atom stereocenters. The lowest BCUT2D eigenvalue weighted by Gasteiger charge is -2.30. The van der Waals surface area contributed by atoms with Gasteiger partial charge in [-0.1, -0.05) is 82.3 Å². The Morgan fingerprint density at radius 3 is 2.16 bits per heavy atom. The van der Waals surface area contributed by atoms with Gasteiger partial charge in [-0.05, 0) is 73.1 Å². The Morgan fingerprint density at radius 2 is 1.63 bits per heavy atom. The number of aromatic hydroxyl groups is 1. The van der Waals surface area contributed by atoms with Crippen LogP contribution >= 0.6 is 0 Å². The number of Topliss-reactive ketones (excluding diaryl/α,β-unsaturated/α-hetero) is 1. The Kier molecular flexibility index (Phi) is 22.7. The van der Waals surface area contributed by atoms with Crippen molar-refractivity contribution in [3.8, 4) is 5.75 Å². The van der Waals surface area contributed by atoms with Gasteiger partial charge in [0, 0.05) is 44.3 Å². The average molecular weight is 678 g/mol. The first-order chi connectivity index (χ1) is 23.7. The van der Waals surface area contributed by atoms with Crippen LogP contribution in [0.3, 0.4) is 0 Å². The molecule has 1 amide bonds. The lowest BCUT2D eigenvalue weighted by Crippen LogP contribution is -2.44. The van der Waals surface area contributed by atoms with Crippen molar-refractivity contribution in [2.24, 2.45) is 11.7 Å². The molecule has 0 spiro atoms. The molecule has 10 nitrogen and oxygen atoms in total. The lowest BCUT2D eigenvalue weighted by molar-refractivity contribution is -0.122. The molecule has 0 saturated carbocycles. The van der Waals surface area contributed by atoms with Crippen molar-refractivity contribution in [2.45, 2.75) is 72.5 Å². The fraction of sp³-hybridized carbons (Fsp3) is 0.462. The lowest BCUT2D eigenvalue weighted by atomic mass is 9.85. The van der Waals surface area contributed by atoms with Crippen LogP contribution in [-0.2, 0) is 32.1 Å². The van der Waals surface area contributed by atoms with Gasteiger partial charge in [0.05, 0.1) is 19.4 Å². The second-order valence-corrected chi connectivity index (χ2v) is 11.8. The molecule has 1 heterocycles. The maximum atomic E-state index is 12.3. The molecule has 1 saturated heterocycles. The van der Waals surface area contributed by atoms with Crippen LogP contribution < -0.4 is 21.4 Å². The molecular formula is C39H59N5O5. The van der Waals surface area contributed by atoms with Gasteiger partial charge in [0.2, 0.25) is 6.41 Å². The minimum Gasteiger partial charge on any atom is -0.508 e. The second kappa shape index (κ2) is 25.9. The van der Waals surface area contributed by atoms with Crippen molar-refractivity contribution >= 4 is 24.7 Å². The number of amides is 1. The van der Waals surface area contributed by atoms with Crippen molar-refractivity contribution in [3.63, 3.8) is 0 Å². The molecule has 0 aliphatic carbocycles. The predicted octanol–water partition coefficient (Wildman–Crippen LogP) is 5.45. The van der Waals surface area contributed by atoms with Crippen LogP contribution in [0.2, 0.25) is 0 Å². The highest BCUT2D eigenvalue weighted by atomic mass is 16.5. The molecule has 0 radical (unpaired) electrons. The number of nitrogens with zero attached hydrogens (tertiary/aromatic N) is 2. The minimum atomic E-state index is -0.169. The van der Waals surface area contributed by atoms with E-state index in [-0.39, 0.29) is 29.5 Å². The molecule has 3 aromatic carbocycles. The molecule has 3 aromatic rings. The summed E-state index contributed by atoms with van der Waals surface area (Å²) < 4.78 is 5.34. The van der Waals surface area contributed by atoms with Gasteiger partial charge in [-0.25, -0.2) is 5.01 Å². The van der Waals surface area contributed by atoms with E-state index >= 15 is 0 Å². The Morgan fingerprint density at radius 1 is 1.00 bits per heavy atom. The summed E-state index contributed by atoms with van der Waals surface area (Å²) in [4.78, 5) is 32.3. The average Bonchev–Trinajstić information content (AvgIpc) is 3.15. The summed E-state index contributed by atoms with van der Waals surface area (Å²) in [6.07, 6.45) is 3.34. The number of morpholine rings is 1. The summed E-state index contributed by atoms with van der Waals surface area (Å²) in [5.41, 5.74) is 13.8. The van der Waals surface area contributed by atoms with E-state index in [1.54, 1.807) is 19.1 Å². The smallest absolute Gasteiger partial charge is 0.208 e. The topological polar surface area (TPSA) is 137 Å². The number of carbonyl (C=O) groups is 3. The normalized spacial score (nSPS) is 14.0. The Balaban J connectivity index is 0.000000433. The summed E-state index contributed by atoms with van der Waals surface area (Å²) in [5, 5.41) is 14.0. The molecule has 1 aliphatic heterocycles. The zero-order valence-corrected chi connectivity index (χ0v) is 30.1. The van der Waals surface area contributed by atoms with Crippen LogP contribution in [0.25, 0.3) is 0 Å². The number of ketones is 1. The second-order valence-electron chi connectivity index (χ2n) is 11.8. The molecule has 1 aliphatic rings. The standard InChI is InChI=1S/C22H30N2O2.C12H17NO.C4H10N2O.CH2O/c1-4-14-24(23-15-19-8-6-5-7-9-19)16-22(18(3)25)17(2)20-10-12-21(26)13-11-20;1-2-11-4-3-5-12(10-11)13-6-8-14-9-7-13;1-2-4(5)6-3-7;1-2/h5-13,17,22-23,26H,4,14-16H2,1-3H3;3-5,10H,2,6-9H2,1H3;3-4H,2,5H2,1H3,(H,6,7);1H2/t17?,22-;;;/m0.../s1. The molecule has 1 fully saturated rings. The zero-order valence-electron chi connectivity index (χ0n) is 30.1. The zero-order chi connectivity index (χ0) is 36.4. The SMILES string of the molecule is C=O.CCC(N)NC=O.CCCN(C[C@H](C(C)=O)C(C)c1ccc(O)cc1)NCc1ccccc1.CCc1cccc(N2CCOCC2)c1. The van der Waals surface area contributed by atoms with Gasteiger partial charge in [-0.2, -0.15) is 0 Å². The van der Waals surface area contributed by atoms with Crippen molar-refractivity contribution in [3.05, 3.63) is 95.6 Å². The Bertz CT molecular complexity index is 1290. The first-order valence-corrected chi connectivity index (χ1v) is 17.2. The van der Waals surface area contributed by atoms with Crippen LogP contribution in [0.5, 0.6) is 5.75 Å². The summed E-state index contributed by atoms with van der Waals surface area (Å²) in [6, 6.07) is 26.2. The maximum absolute atomic E-state index is 12.3. The minimum absolute atomic E-state index is 0.0889. The van der Waals surface area contributed by atoms with Crippen LogP contribution in [0.4, 0.5) is 5.69 Å². The molecule has 5 N–H and O–H groups in total. The number of hydrazine groups is 1. The van der Waals surface area contributed by atoms with Gasteiger partial charge in [-0.15, -0.1) is 0 Å². The van der Waals surface area contributed by atoms with Crippen LogP contribution in [0, 0.1) is 5.92 Å². The monoisotopic (exact) mass is 677 g/mol. The van der Waals surface area contributed by atoms with E-state index in [4.69, 9.17) is 15.3 Å². The highest BCUT2D eigenvalue weighted by Crippen LogP contribution is 2.27. The van der Waals surface area contributed by atoms with Crippen molar-refractivity contribution in [2.75, 3.05) is 44.3 Å². The number of nitrogens with one attached hydrogen (secondary N) is 2. The summed E-state index contributed by atoms with van der Waals surface area (Å²) in [6.45, 7) is 18.1.